The Labute approximate surface area is 156 Å². The van der Waals surface area contributed by atoms with Gasteiger partial charge in [-0.2, -0.15) is 0 Å². The van der Waals surface area contributed by atoms with Crippen LogP contribution in [0.1, 0.15) is 106 Å². The number of hydrogen-bond acceptors (Lipinski definition) is 4. The summed E-state index contributed by atoms with van der Waals surface area (Å²) in [6.07, 6.45) is 13.8. The average molecular weight is 363 g/mol. The molecule has 1 aliphatic rings. The molecule has 0 aromatic carbocycles. The highest BCUT2D eigenvalue weighted by Crippen LogP contribution is 2.33. The Balaban J connectivity index is 1.88. The van der Waals surface area contributed by atoms with E-state index in [0.717, 1.165) is 43.1 Å². The number of hydrogen-bond donors (Lipinski definition) is 2. The molecule has 0 amide bonds. The second-order valence-electron chi connectivity index (χ2n) is 7.61. The summed E-state index contributed by atoms with van der Waals surface area (Å²) in [5.74, 6) is -0.575. The predicted octanol–water partition coefficient (Wildman–Crippen LogP) is 5.44. The van der Waals surface area contributed by atoms with Crippen molar-refractivity contribution in [3.8, 4) is 11.6 Å². The van der Waals surface area contributed by atoms with Gasteiger partial charge in [0.05, 0.1) is 6.20 Å². The Morgan fingerprint density at radius 1 is 1.04 bits per heavy atom. The molecule has 5 nitrogen and oxygen atoms in total. The number of Topliss-reactive ketones (excluding diaryl/α,β-unsaturated/α-hetero) is 1. The van der Waals surface area contributed by atoms with Crippen LogP contribution in [0.5, 0.6) is 11.6 Å². The second-order valence-corrected chi connectivity index (χ2v) is 7.61. The van der Waals surface area contributed by atoms with Gasteiger partial charge in [-0.05, 0) is 18.8 Å². The molecule has 146 valence electrons. The zero-order valence-corrected chi connectivity index (χ0v) is 16.0. The molecular weight excluding hydrogens is 330 g/mol. The van der Waals surface area contributed by atoms with Gasteiger partial charge in [0.15, 0.2) is 5.78 Å². The van der Waals surface area contributed by atoms with Crippen molar-refractivity contribution in [3.63, 3.8) is 0 Å². The molecule has 1 aromatic rings. The summed E-state index contributed by atoms with van der Waals surface area (Å²) in [4.78, 5) is 24.6. The van der Waals surface area contributed by atoms with E-state index in [-0.39, 0.29) is 23.0 Å². The van der Waals surface area contributed by atoms with E-state index in [0.29, 0.717) is 18.8 Å². The van der Waals surface area contributed by atoms with Gasteiger partial charge >= 0.3 is 0 Å². The largest absolute Gasteiger partial charge is 0.505 e. The summed E-state index contributed by atoms with van der Waals surface area (Å²) in [7, 11) is 0. The molecule has 0 atom stereocenters. The monoisotopic (exact) mass is 363 g/mol. The first-order chi connectivity index (χ1) is 12.5. The van der Waals surface area contributed by atoms with Crippen molar-refractivity contribution in [1.82, 2.24) is 4.57 Å². The van der Waals surface area contributed by atoms with Crippen LogP contribution in [-0.2, 0) is 0 Å². The van der Waals surface area contributed by atoms with Crippen LogP contribution >= 0.6 is 0 Å². The van der Waals surface area contributed by atoms with E-state index >= 15 is 0 Å². The van der Waals surface area contributed by atoms with Crippen LogP contribution in [0.15, 0.2) is 6.20 Å². The molecule has 1 heterocycles. The molecule has 5 heteroatoms. The summed E-state index contributed by atoms with van der Waals surface area (Å²) in [6.45, 7) is 2.10. The van der Waals surface area contributed by atoms with Gasteiger partial charge in [-0.3, -0.25) is 14.2 Å². The number of aromatic nitrogens is 1. The molecule has 26 heavy (non-hydrogen) atoms. The average Bonchev–Trinajstić information content (AvgIpc) is 2.94. The van der Waals surface area contributed by atoms with Crippen molar-refractivity contribution >= 4 is 11.7 Å². The summed E-state index contributed by atoms with van der Waals surface area (Å²) in [5, 5.41) is 20.3. The number of unbranched alkanes of at least 4 members (excludes halogenated alkanes) is 3. The minimum atomic E-state index is -0.411. The fourth-order valence-electron chi connectivity index (χ4n) is 3.92. The van der Waals surface area contributed by atoms with Crippen LogP contribution in [0.4, 0.5) is 0 Å². The van der Waals surface area contributed by atoms with Gasteiger partial charge in [-0.1, -0.05) is 64.7 Å². The van der Waals surface area contributed by atoms with Crippen molar-refractivity contribution in [2.24, 2.45) is 5.92 Å². The summed E-state index contributed by atoms with van der Waals surface area (Å²) in [6, 6.07) is 0. The maximum Gasteiger partial charge on any atom is 0.233 e. The minimum Gasteiger partial charge on any atom is -0.505 e. The molecule has 1 aliphatic carbocycles. The van der Waals surface area contributed by atoms with Crippen LogP contribution in [0.2, 0.25) is 0 Å². The quantitative estimate of drug-likeness (QED) is 0.428. The number of aromatic hydroxyl groups is 2. The highest BCUT2D eigenvalue weighted by molar-refractivity contribution is 6.02. The first-order valence-corrected chi connectivity index (χ1v) is 10.2. The molecule has 0 bridgehead atoms. The Hall–Kier alpha value is -1.78. The molecular formula is C21H33NO4. The van der Waals surface area contributed by atoms with E-state index in [4.69, 9.17) is 0 Å². The number of nitrogens with zero attached hydrogens (tertiary/aromatic N) is 1. The molecule has 1 fully saturated rings. The van der Waals surface area contributed by atoms with Gasteiger partial charge < -0.3 is 10.2 Å². The van der Waals surface area contributed by atoms with Crippen molar-refractivity contribution in [2.75, 3.05) is 0 Å². The SMILES string of the molecule is CCCCCCC(=O)n1cc(O)c(C(=O)CCCC2CCCCC2)c1O. The first-order valence-electron chi connectivity index (χ1n) is 10.2. The summed E-state index contributed by atoms with van der Waals surface area (Å²) < 4.78 is 1.02. The molecule has 2 rings (SSSR count). The fraction of sp³-hybridized carbons (Fsp3) is 0.714. The van der Waals surface area contributed by atoms with E-state index in [9.17, 15) is 19.8 Å². The standard InChI is InChI=1S/C21H33NO4/c1-2-3-4-8-14-19(25)22-15-18(24)20(21(22)26)17(23)13-9-12-16-10-6-5-7-11-16/h15-16,24,26H,2-14H2,1H3. The maximum atomic E-state index is 12.4. The van der Waals surface area contributed by atoms with Crippen molar-refractivity contribution in [3.05, 3.63) is 11.8 Å². The first kappa shape index (κ1) is 20.5. The lowest BCUT2D eigenvalue weighted by Crippen LogP contribution is -2.10. The van der Waals surface area contributed by atoms with Crippen LogP contribution in [-0.4, -0.2) is 26.5 Å². The van der Waals surface area contributed by atoms with Crippen LogP contribution in [0.3, 0.4) is 0 Å². The smallest absolute Gasteiger partial charge is 0.233 e. The van der Waals surface area contributed by atoms with Gasteiger partial charge in [-0.15, -0.1) is 0 Å². The van der Waals surface area contributed by atoms with Gasteiger partial charge in [-0.25, -0.2) is 0 Å². The number of carbonyl (C=O) groups is 2. The summed E-state index contributed by atoms with van der Waals surface area (Å²) in [5.41, 5.74) is -0.101. The Morgan fingerprint density at radius 3 is 2.46 bits per heavy atom. The third-order valence-electron chi connectivity index (χ3n) is 5.49. The Morgan fingerprint density at radius 2 is 1.77 bits per heavy atom. The van der Waals surface area contributed by atoms with E-state index in [1.54, 1.807) is 0 Å². The second kappa shape index (κ2) is 10.4. The van der Waals surface area contributed by atoms with Crippen LogP contribution in [0.25, 0.3) is 0 Å². The van der Waals surface area contributed by atoms with Crippen molar-refractivity contribution in [2.45, 2.75) is 90.4 Å². The highest BCUT2D eigenvalue weighted by atomic mass is 16.3. The lowest BCUT2D eigenvalue weighted by atomic mass is 9.85. The van der Waals surface area contributed by atoms with Crippen molar-refractivity contribution < 1.29 is 19.8 Å². The third kappa shape index (κ3) is 5.61. The van der Waals surface area contributed by atoms with E-state index in [2.05, 4.69) is 6.92 Å². The van der Waals surface area contributed by atoms with E-state index < -0.39 is 5.88 Å². The van der Waals surface area contributed by atoms with Crippen LogP contribution < -0.4 is 0 Å². The van der Waals surface area contributed by atoms with Gasteiger partial charge in [0.1, 0.15) is 11.3 Å². The molecule has 0 unspecified atom stereocenters. The zero-order valence-electron chi connectivity index (χ0n) is 16.0. The molecule has 0 radical (unpaired) electrons. The highest BCUT2D eigenvalue weighted by Gasteiger charge is 2.24. The molecule has 0 aliphatic heterocycles. The van der Waals surface area contributed by atoms with Crippen molar-refractivity contribution in [1.29, 1.82) is 0 Å². The zero-order chi connectivity index (χ0) is 18.9. The topological polar surface area (TPSA) is 79.5 Å². The molecule has 0 spiro atoms. The molecule has 1 aromatic heterocycles. The molecule has 2 N–H and O–H groups in total. The minimum absolute atomic E-state index is 0.101. The molecule has 1 saturated carbocycles. The normalized spacial score (nSPS) is 15.3. The van der Waals surface area contributed by atoms with Gasteiger partial charge in [0.25, 0.3) is 0 Å². The summed E-state index contributed by atoms with van der Waals surface area (Å²) >= 11 is 0. The lowest BCUT2D eigenvalue weighted by molar-refractivity contribution is 0.0889. The number of ketones is 1. The predicted molar refractivity (Wildman–Crippen MR) is 102 cm³/mol. The Kier molecular flexibility index (Phi) is 8.20. The van der Waals surface area contributed by atoms with E-state index in [1.165, 1.54) is 38.3 Å². The van der Waals surface area contributed by atoms with Crippen LogP contribution in [0, 0.1) is 5.92 Å². The number of carbonyl (C=O) groups excluding carboxylic acids is 2. The van der Waals surface area contributed by atoms with Gasteiger partial charge in [0, 0.05) is 12.8 Å². The lowest BCUT2D eigenvalue weighted by Gasteiger charge is -2.21. The third-order valence-corrected chi connectivity index (χ3v) is 5.49. The fourth-order valence-corrected chi connectivity index (χ4v) is 3.92. The van der Waals surface area contributed by atoms with Gasteiger partial charge in [0.2, 0.25) is 11.8 Å². The van der Waals surface area contributed by atoms with E-state index in [1.807, 2.05) is 0 Å². The number of rotatable bonds is 10. The maximum absolute atomic E-state index is 12.4. The Bertz CT molecular complexity index is 599. The molecule has 0 saturated heterocycles.